The van der Waals surface area contributed by atoms with Gasteiger partial charge in [-0.2, -0.15) is 10.1 Å². The molecule has 84 valence electrons. The molecule has 2 aromatic rings. The van der Waals surface area contributed by atoms with E-state index in [-0.39, 0.29) is 5.28 Å². The van der Waals surface area contributed by atoms with Crippen LogP contribution in [0.4, 0.5) is 0 Å². The van der Waals surface area contributed by atoms with Crippen molar-refractivity contribution in [2.24, 2.45) is 0 Å². The first-order chi connectivity index (χ1) is 7.50. The van der Waals surface area contributed by atoms with Crippen LogP contribution in [0.2, 0.25) is 10.3 Å². The fourth-order valence-electron chi connectivity index (χ4n) is 1.32. The first kappa shape index (κ1) is 11.8. The summed E-state index contributed by atoms with van der Waals surface area (Å²) < 4.78 is 2.34. The van der Waals surface area contributed by atoms with Gasteiger partial charge in [-0.1, -0.05) is 11.6 Å². The predicted molar refractivity (Wildman–Crippen MR) is 66.3 cm³/mol. The van der Waals surface area contributed by atoms with Gasteiger partial charge in [0.15, 0.2) is 5.82 Å². The highest BCUT2D eigenvalue weighted by atomic mass is 79.9. The maximum atomic E-state index is 6.07. The molecule has 2 rings (SSSR count). The summed E-state index contributed by atoms with van der Waals surface area (Å²) in [6, 6.07) is 0. The largest absolute Gasteiger partial charge is 0.225 e. The van der Waals surface area contributed by atoms with E-state index in [0.29, 0.717) is 15.3 Å². The van der Waals surface area contributed by atoms with Crippen molar-refractivity contribution in [2.75, 3.05) is 0 Å². The molecule has 2 heterocycles. The summed E-state index contributed by atoms with van der Waals surface area (Å²) in [5, 5.41) is 5.08. The zero-order valence-electron chi connectivity index (χ0n) is 8.50. The van der Waals surface area contributed by atoms with E-state index in [4.69, 9.17) is 23.2 Å². The summed E-state index contributed by atoms with van der Waals surface area (Å²) in [6.45, 7) is 3.70. The van der Waals surface area contributed by atoms with E-state index in [1.807, 2.05) is 13.8 Å². The van der Waals surface area contributed by atoms with Gasteiger partial charge in [-0.3, -0.25) is 0 Å². The third kappa shape index (κ3) is 1.95. The first-order valence-electron chi connectivity index (χ1n) is 4.41. The molecule has 0 spiro atoms. The van der Waals surface area contributed by atoms with Crippen LogP contribution < -0.4 is 0 Å². The Balaban J connectivity index is 2.67. The molecule has 0 bridgehead atoms. The molecule has 0 unspecified atom stereocenters. The van der Waals surface area contributed by atoms with E-state index in [1.165, 1.54) is 0 Å². The number of hydrogen-bond acceptors (Lipinski definition) is 3. The average molecular weight is 322 g/mol. The molecule has 2 aromatic heterocycles. The normalized spacial score (nSPS) is 10.8. The molecule has 16 heavy (non-hydrogen) atoms. The third-order valence-electron chi connectivity index (χ3n) is 2.10. The van der Waals surface area contributed by atoms with Gasteiger partial charge in [-0.25, -0.2) is 9.67 Å². The summed E-state index contributed by atoms with van der Waals surface area (Å²) in [5.74, 6) is 0.576. The van der Waals surface area contributed by atoms with Crippen molar-refractivity contribution >= 4 is 39.1 Å². The summed E-state index contributed by atoms with van der Waals surface area (Å²) in [7, 11) is 0. The molecule has 0 radical (unpaired) electrons. The van der Waals surface area contributed by atoms with Gasteiger partial charge in [-0.15, -0.1) is 0 Å². The SMILES string of the molecule is Cc1nn(-c2nc(Cl)ncc2Br)c(C)c1Cl. The van der Waals surface area contributed by atoms with Gasteiger partial charge < -0.3 is 0 Å². The van der Waals surface area contributed by atoms with Gasteiger partial charge in [0.1, 0.15) is 0 Å². The Hall–Kier alpha value is -0.650. The minimum Gasteiger partial charge on any atom is -0.225 e. The average Bonchev–Trinajstić information content (AvgIpc) is 2.50. The summed E-state index contributed by atoms with van der Waals surface area (Å²) in [4.78, 5) is 7.96. The Morgan fingerprint density at radius 2 is 2.00 bits per heavy atom. The highest BCUT2D eigenvalue weighted by Gasteiger charge is 2.14. The second-order valence-electron chi connectivity index (χ2n) is 3.21. The van der Waals surface area contributed by atoms with Crippen LogP contribution in [0.25, 0.3) is 5.82 Å². The van der Waals surface area contributed by atoms with Crippen molar-refractivity contribution in [3.63, 3.8) is 0 Å². The Labute approximate surface area is 111 Å². The van der Waals surface area contributed by atoms with E-state index in [1.54, 1.807) is 10.9 Å². The van der Waals surface area contributed by atoms with Gasteiger partial charge in [0.2, 0.25) is 5.28 Å². The van der Waals surface area contributed by atoms with E-state index in [0.717, 1.165) is 11.4 Å². The van der Waals surface area contributed by atoms with Gasteiger partial charge in [0.05, 0.1) is 20.9 Å². The van der Waals surface area contributed by atoms with Gasteiger partial charge in [-0.05, 0) is 41.4 Å². The summed E-state index contributed by atoms with van der Waals surface area (Å²) in [6.07, 6.45) is 1.58. The van der Waals surface area contributed by atoms with Crippen LogP contribution >= 0.6 is 39.1 Å². The van der Waals surface area contributed by atoms with Crippen molar-refractivity contribution in [1.29, 1.82) is 0 Å². The molecule has 0 N–H and O–H groups in total. The van der Waals surface area contributed by atoms with Crippen LogP contribution in [-0.2, 0) is 0 Å². The number of nitrogens with zero attached hydrogens (tertiary/aromatic N) is 4. The van der Waals surface area contributed by atoms with Gasteiger partial charge in [0, 0.05) is 6.20 Å². The number of aromatic nitrogens is 4. The number of hydrogen-bond donors (Lipinski definition) is 0. The third-order valence-corrected chi connectivity index (χ3v) is 3.39. The Morgan fingerprint density at radius 3 is 2.56 bits per heavy atom. The van der Waals surface area contributed by atoms with Crippen molar-refractivity contribution in [3.8, 4) is 5.82 Å². The van der Waals surface area contributed by atoms with Crippen LogP contribution in [0.5, 0.6) is 0 Å². The van der Waals surface area contributed by atoms with Crippen LogP contribution in [0, 0.1) is 13.8 Å². The van der Waals surface area contributed by atoms with E-state index in [9.17, 15) is 0 Å². The topological polar surface area (TPSA) is 43.6 Å². The molecule has 0 saturated carbocycles. The lowest BCUT2D eigenvalue weighted by Crippen LogP contribution is -2.04. The fraction of sp³-hybridized carbons (Fsp3) is 0.222. The minimum absolute atomic E-state index is 0.168. The lowest BCUT2D eigenvalue weighted by atomic mass is 10.4. The van der Waals surface area contributed by atoms with Crippen molar-refractivity contribution in [2.45, 2.75) is 13.8 Å². The van der Waals surface area contributed by atoms with E-state index >= 15 is 0 Å². The maximum Gasteiger partial charge on any atom is 0.224 e. The molecule has 0 aliphatic heterocycles. The molecule has 0 atom stereocenters. The van der Waals surface area contributed by atoms with Crippen molar-refractivity contribution < 1.29 is 0 Å². The zero-order valence-corrected chi connectivity index (χ0v) is 11.6. The zero-order chi connectivity index (χ0) is 11.9. The number of rotatable bonds is 1. The minimum atomic E-state index is 0.168. The molecule has 0 amide bonds. The molecule has 0 aliphatic rings. The molecular formula is C9H7BrCl2N4. The monoisotopic (exact) mass is 320 g/mol. The lowest BCUT2D eigenvalue weighted by Gasteiger charge is -2.05. The van der Waals surface area contributed by atoms with Crippen LogP contribution in [-0.4, -0.2) is 19.7 Å². The number of halogens is 3. The van der Waals surface area contributed by atoms with Crippen LogP contribution in [0.1, 0.15) is 11.4 Å². The molecule has 0 saturated heterocycles. The van der Waals surface area contributed by atoms with Crippen LogP contribution in [0.15, 0.2) is 10.7 Å². The van der Waals surface area contributed by atoms with Crippen molar-refractivity contribution in [3.05, 3.63) is 32.4 Å². The van der Waals surface area contributed by atoms with E-state index in [2.05, 4.69) is 31.0 Å². The first-order valence-corrected chi connectivity index (χ1v) is 5.95. The van der Waals surface area contributed by atoms with Gasteiger partial charge in [0.25, 0.3) is 0 Å². The quantitative estimate of drug-likeness (QED) is 0.756. The highest BCUT2D eigenvalue weighted by Crippen LogP contribution is 2.25. The lowest BCUT2D eigenvalue weighted by molar-refractivity contribution is 0.796. The van der Waals surface area contributed by atoms with E-state index < -0.39 is 0 Å². The van der Waals surface area contributed by atoms with Gasteiger partial charge >= 0.3 is 0 Å². The molecule has 4 nitrogen and oxygen atoms in total. The Morgan fingerprint density at radius 1 is 1.31 bits per heavy atom. The predicted octanol–water partition coefficient (Wildman–Crippen LogP) is 3.35. The summed E-state index contributed by atoms with van der Waals surface area (Å²) in [5.41, 5.74) is 1.57. The molecule has 0 aliphatic carbocycles. The second-order valence-corrected chi connectivity index (χ2v) is 4.78. The van der Waals surface area contributed by atoms with Crippen molar-refractivity contribution in [1.82, 2.24) is 19.7 Å². The Kier molecular flexibility index (Phi) is 3.19. The molecule has 7 heteroatoms. The second kappa shape index (κ2) is 4.31. The smallest absolute Gasteiger partial charge is 0.224 e. The summed E-state index contributed by atoms with van der Waals surface area (Å²) >= 11 is 15.2. The maximum absolute atomic E-state index is 6.07. The standard InChI is InChI=1S/C9H7BrCl2N4/c1-4-7(11)5(2)16(15-4)8-6(10)3-13-9(12)14-8/h3H,1-2H3. The highest BCUT2D eigenvalue weighted by molar-refractivity contribution is 9.10. The van der Waals surface area contributed by atoms with Crippen LogP contribution in [0.3, 0.4) is 0 Å². The number of aryl methyl sites for hydroxylation is 1. The molecule has 0 aromatic carbocycles. The fourth-order valence-corrected chi connectivity index (χ4v) is 1.92. The Bertz CT molecular complexity index is 553. The molecule has 0 fully saturated rings. The molecular weight excluding hydrogens is 315 g/mol.